The van der Waals surface area contributed by atoms with Gasteiger partial charge in [0, 0.05) is 13.1 Å². The van der Waals surface area contributed by atoms with E-state index in [-0.39, 0.29) is 5.69 Å². The fourth-order valence-corrected chi connectivity index (χ4v) is 2.11. The molecule has 2 rings (SSSR count). The average molecular weight is 251 g/mol. The van der Waals surface area contributed by atoms with Gasteiger partial charge in [-0.2, -0.15) is 0 Å². The molecule has 0 radical (unpaired) electrons. The quantitative estimate of drug-likeness (QED) is 0.776. The lowest BCUT2D eigenvalue weighted by atomic mass is 9.95. The van der Waals surface area contributed by atoms with Crippen LogP contribution in [0.15, 0.2) is 12.4 Å². The Bertz CT molecular complexity index is 431. The van der Waals surface area contributed by atoms with E-state index in [9.17, 15) is 9.90 Å². The highest BCUT2D eigenvalue weighted by molar-refractivity contribution is 5.86. The predicted molar refractivity (Wildman–Crippen MR) is 65.4 cm³/mol. The molecule has 98 valence electrons. The molecule has 1 unspecified atom stereocenters. The van der Waals surface area contributed by atoms with Crippen molar-refractivity contribution in [2.75, 3.05) is 25.1 Å². The summed E-state index contributed by atoms with van der Waals surface area (Å²) in [6.45, 7) is 3.18. The number of piperidine rings is 1. The maximum Gasteiger partial charge on any atom is 0.358 e. The Balaban J connectivity index is 2.12. The number of β-amino-alcohol motifs (C(OH)–C–C–N with tert-alkyl or cyclic N) is 1. The normalized spacial score (nSPS) is 23.8. The molecular weight excluding hydrogens is 234 g/mol. The van der Waals surface area contributed by atoms with E-state index in [0.29, 0.717) is 12.4 Å². The van der Waals surface area contributed by atoms with E-state index < -0.39 is 11.6 Å². The van der Waals surface area contributed by atoms with Gasteiger partial charge < -0.3 is 14.7 Å². The molecule has 18 heavy (non-hydrogen) atoms. The number of aliphatic hydroxyl groups is 1. The summed E-state index contributed by atoms with van der Waals surface area (Å²) < 4.78 is 4.56. The molecule has 1 atom stereocenters. The minimum atomic E-state index is -0.694. The lowest BCUT2D eigenvalue weighted by molar-refractivity contribution is 0.0446. The molecule has 0 aliphatic carbocycles. The number of anilines is 1. The van der Waals surface area contributed by atoms with E-state index in [2.05, 4.69) is 14.7 Å². The molecular formula is C12H17N3O3. The Labute approximate surface area is 106 Å². The van der Waals surface area contributed by atoms with Crippen molar-refractivity contribution in [1.82, 2.24) is 9.97 Å². The molecule has 0 bridgehead atoms. The predicted octanol–water partition coefficient (Wildman–Crippen LogP) is 0.614. The van der Waals surface area contributed by atoms with Crippen molar-refractivity contribution in [3.8, 4) is 0 Å². The SMILES string of the molecule is COC(=O)c1cnc(N2CCCC(C)(O)C2)cn1. The maximum absolute atomic E-state index is 11.2. The average Bonchev–Trinajstić information content (AvgIpc) is 2.37. The number of aromatic nitrogens is 2. The van der Waals surface area contributed by atoms with Gasteiger partial charge >= 0.3 is 5.97 Å². The number of carbonyl (C=O) groups excluding carboxylic acids is 1. The van der Waals surface area contributed by atoms with Crippen molar-refractivity contribution in [2.24, 2.45) is 0 Å². The molecule has 1 saturated heterocycles. The zero-order valence-corrected chi connectivity index (χ0v) is 10.6. The van der Waals surface area contributed by atoms with Gasteiger partial charge in [0.25, 0.3) is 0 Å². The van der Waals surface area contributed by atoms with Crippen molar-refractivity contribution in [3.63, 3.8) is 0 Å². The Morgan fingerprint density at radius 3 is 2.83 bits per heavy atom. The highest BCUT2D eigenvalue weighted by atomic mass is 16.5. The van der Waals surface area contributed by atoms with Gasteiger partial charge in [0.1, 0.15) is 5.82 Å². The summed E-state index contributed by atoms with van der Waals surface area (Å²) in [7, 11) is 1.31. The van der Waals surface area contributed by atoms with Crippen molar-refractivity contribution in [3.05, 3.63) is 18.1 Å². The van der Waals surface area contributed by atoms with Gasteiger partial charge in [-0.05, 0) is 19.8 Å². The van der Waals surface area contributed by atoms with Crippen LogP contribution >= 0.6 is 0 Å². The van der Waals surface area contributed by atoms with Crippen molar-refractivity contribution in [2.45, 2.75) is 25.4 Å². The molecule has 0 aromatic carbocycles. The number of nitrogens with zero attached hydrogens (tertiary/aromatic N) is 3. The first-order chi connectivity index (χ1) is 8.52. The van der Waals surface area contributed by atoms with Crippen molar-refractivity contribution < 1.29 is 14.6 Å². The molecule has 0 spiro atoms. The summed E-state index contributed by atoms with van der Waals surface area (Å²) in [5, 5.41) is 10.0. The van der Waals surface area contributed by atoms with E-state index >= 15 is 0 Å². The van der Waals surface area contributed by atoms with E-state index in [1.165, 1.54) is 19.5 Å². The molecule has 1 aromatic rings. The molecule has 1 aliphatic heterocycles. The van der Waals surface area contributed by atoms with Crippen LogP contribution in [-0.2, 0) is 4.74 Å². The number of rotatable bonds is 2. The fourth-order valence-electron chi connectivity index (χ4n) is 2.11. The molecule has 1 fully saturated rings. The van der Waals surface area contributed by atoms with Gasteiger partial charge in [0.05, 0.1) is 25.1 Å². The Kier molecular flexibility index (Phi) is 3.47. The van der Waals surface area contributed by atoms with Crippen LogP contribution in [0.4, 0.5) is 5.82 Å². The molecule has 2 heterocycles. The van der Waals surface area contributed by atoms with E-state index in [1.54, 1.807) is 0 Å². The number of methoxy groups -OCH3 is 1. The number of esters is 1. The Hall–Kier alpha value is -1.69. The molecule has 0 amide bonds. The van der Waals surface area contributed by atoms with E-state index in [0.717, 1.165) is 19.4 Å². The second kappa shape index (κ2) is 4.89. The zero-order chi connectivity index (χ0) is 13.2. The molecule has 1 aromatic heterocycles. The lowest BCUT2D eigenvalue weighted by Gasteiger charge is -2.37. The molecule has 1 aliphatic rings. The third-order valence-electron chi connectivity index (χ3n) is 3.03. The monoisotopic (exact) mass is 251 g/mol. The summed E-state index contributed by atoms with van der Waals surface area (Å²) in [6, 6.07) is 0. The summed E-state index contributed by atoms with van der Waals surface area (Å²) in [5.41, 5.74) is -0.508. The number of ether oxygens (including phenoxy) is 1. The topological polar surface area (TPSA) is 75.5 Å². The second-order valence-electron chi connectivity index (χ2n) is 4.77. The third kappa shape index (κ3) is 2.76. The van der Waals surface area contributed by atoms with Crippen LogP contribution in [0.25, 0.3) is 0 Å². The molecule has 0 saturated carbocycles. The standard InChI is InChI=1S/C12H17N3O3/c1-12(17)4-3-5-15(8-12)10-7-13-9(6-14-10)11(16)18-2/h6-7,17H,3-5,8H2,1-2H3. The molecule has 6 nitrogen and oxygen atoms in total. The highest BCUT2D eigenvalue weighted by Gasteiger charge is 2.29. The van der Waals surface area contributed by atoms with Gasteiger partial charge in [-0.25, -0.2) is 14.8 Å². The van der Waals surface area contributed by atoms with E-state index in [1.807, 2.05) is 11.8 Å². The van der Waals surface area contributed by atoms with Gasteiger partial charge in [0.2, 0.25) is 0 Å². The summed E-state index contributed by atoms with van der Waals surface area (Å²) in [5.74, 6) is 0.169. The van der Waals surface area contributed by atoms with Gasteiger partial charge in [0.15, 0.2) is 5.69 Å². The maximum atomic E-state index is 11.2. The number of hydrogen-bond donors (Lipinski definition) is 1. The fraction of sp³-hybridized carbons (Fsp3) is 0.583. The van der Waals surface area contributed by atoms with Crippen LogP contribution in [0.5, 0.6) is 0 Å². The van der Waals surface area contributed by atoms with Crippen molar-refractivity contribution in [1.29, 1.82) is 0 Å². The minimum Gasteiger partial charge on any atom is -0.464 e. The summed E-state index contributed by atoms with van der Waals surface area (Å²) in [4.78, 5) is 21.4. The minimum absolute atomic E-state index is 0.185. The number of hydrogen-bond acceptors (Lipinski definition) is 6. The second-order valence-corrected chi connectivity index (χ2v) is 4.77. The first-order valence-corrected chi connectivity index (χ1v) is 5.89. The molecule has 1 N–H and O–H groups in total. The first kappa shape index (κ1) is 12.8. The Morgan fingerprint density at radius 1 is 1.50 bits per heavy atom. The Morgan fingerprint density at radius 2 is 2.28 bits per heavy atom. The van der Waals surface area contributed by atoms with Crippen molar-refractivity contribution >= 4 is 11.8 Å². The van der Waals surface area contributed by atoms with Crippen LogP contribution in [0, 0.1) is 0 Å². The highest BCUT2D eigenvalue weighted by Crippen LogP contribution is 2.23. The number of carbonyl (C=O) groups is 1. The van der Waals surface area contributed by atoms with Gasteiger partial charge in [-0.1, -0.05) is 0 Å². The van der Waals surface area contributed by atoms with Crippen LogP contribution in [0.3, 0.4) is 0 Å². The third-order valence-corrected chi connectivity index (χ3v) is 3.03. The van der Waals surface area contributed by atoms with Gasteiger partial charge in [-0.3, -0.25) is 0 Å². The first-order valence-electron chi connectivity index (χ1n) is 5.89. The largest absolute Gasteiger partial charge is 0.464 e. The van der Waals surface area contributed by atoms with Crippen LogP contribution < -0.4 is 4.90 Å². The van der Waals surface area contributed by atoms with Crippen LogP contribution in [0.1, 0.15) is 30.3 Å². The molecule has 6 heteroatoms. The smallest absolute Gasteiger partial charge is 0.358 e. The summed E-state index contributed by atoms with van der Waals surface area (Å²) >= 11 is 0. The summed E-state index contributed by atoms with van der Waals surface area (Å²) in [6.07, 6.45) is 4.63. The van der Waals surface area contributed by atoms with Crippen LogP contribution in [-0.4, -0.2) is 46.8 Å². The van der Waals surface area contributed by atoms with Gasteiger partial charge in [-0.15, -0.1) is 0 Å². The van der Waals surface area contributed by atoms with Crippen LogP contribution in [0.2, 0.25) is 0 Å². The lowest BCUT2D eigenvalue weighted by Crippen LogP contribution is -2.46. The van der Waals surface area contributed by atoms with E-state index in [4.69, 9.17) is 0 Å². The zero-order valence-electron chi connectivity index (χ0n) is 10.6.